The monoisotopic (exact) mass is 301 g/mol. The Morgan fingerprint density at radius 3 is 2.86 bits per heavy atom. The quantitative estimate of drug-likeness (QED) is 0.761. The van der Waals surface area contributed by atoms with E-state index < -0.39 is 0 Å². The fraction of sp³-hybridized carbons (Fsp3) is 0.200. The average molecular weight is 301 g/mol. The number of aliphatic hydroxyl groups is 1. The molecule has 0 saturated heterocycles. The van der Waals surface area contributed by atoms with Crippen LogP contribution >= 0.6 is 11.3 Å². The number of anilines is 1. The van der Waals surface area contributed by atoms with Gasteiger partial charge < -0.3 is 10.4 Å². The summed E-state index contributed by atoms with van der Waals surface area (Å²) in [5, 5.41) is 13.5. The number of hydrogen-bond donors (Lipinski definition) is 2. The van der Waals surface area contributed by atoms with Crippen LogP contribution in [-0.4, -0.2) is 27.0 Å². The summed E-state index contributed by atoms with van der Waals surface area (Å²) >= 11 is 1.60. The maximum atomic E-state index is 11.6. The van der Waals surface area contributed by atoms with Gasteiger partial charge in [0, 0.05) is 42.1 Å². The first-order chi connectivity index (χ1) is 10.3. The van der Waals surface area contributed by atoms with Crippen molar-refractivity contribution in [2.24, 2.45) is 0 Å². The van der Waals surface area contributed by atoms with Gasteiger partial charge in [0.15, 0.2) is 4.96 Å². The van der Waals surface area contributed by atoms with Crippen LogP contribution in [0.2, 0.25) is 0 Å². The van der Waals surface area contributed by atoms with E-state index >= 15 is 0 Å². The Hall–Kier alpha value is -2.18. The Bertz CT molecular complexity index is 717. The topological polar surface area (TPSA) is 66.6 Å². The highest BCUT2D eigenvalue weighted by Crippen LogP contribution is 2.23. The van der Waals surface area contributed by atoms with Crippen LogP contribution in [0.25, 0.3) is 16.2 Å². The molecular formula is C15H15N3O2S. The number of aliphatic hydroxyl groups excluding tert-OH is 1. The van der Waals surface area contributed by atoms with Gasteiger partial charge in [0.25, 0.3) is 0 Å². The van der Waals surface area contributed by atoms with Crippen molar-refractivity contribution in [2.75, 3.05) is 11.9 Å². The van der Waals surface area contributed by atoms with E-state index in [0.29, 0.717) is 12.8 Å². The molecule has 0 spiro atoms. The first-order valence-electron chi connectivity index (χ1n) is 6.69. The van der Waals surface area contributed by atoms with Crippen molar-refractivity contribution in [3.05, 3.63) is 42.0 Å². The van der Waals surface area contributed by atoms with E-state index in [1.807, 2.05) is 46.4 Å². The normalized spacial score (nSPS) is 10.9. The molecule has 0 saturated carbocycles. The lowest BCUT2D eigenvalue weighted by Gasteiger charge is -2.05. The Labute approximate surface area is 125 Å². The van der Waals surface area contributed by atoms with Gasteiger partial charge in [-0.3, -0.25) is 9.20 Å². The number of rotatable bonds is 5. The van der Waals surface area contributed by atoms with E-state index in [4.69, 9.17) is 5.11 Å². The number of nitrogens with one attached hydrogen (secondary N) is 1. The molecule has 2 N–H and O–H groups in total. The highest BCUT2D eigenvalue weighted by molar-refractivity contribution is 7.15. The molecule has 108 valence electrons. The van der Waals surface area contributed by atoms with Gasteiger partial charge in [-0.15, -0.1) is 11.3 Å². The summed E-state index contributed by atoms with van der Waals surface area (Å²) < 4.78 is 1.99. The van der Waals surface area contributed by atoms with Crippen LogP contribution in [0.15, 0.2) is 42.0 Å². The Balaban J connectivity index is 1.71. The number of amides is 1. The zero-order chi connectivity index (χ0) is 14.7. The third-order valence-electron chi connectivity index (χ3n) is 3.12. The van der Waals surface area contributed by atoms with Gasteiger partial charge in [0.2, 0.25) is 5.91 Å². The summed E-state index contributed by atoms with van der Waals surface area (Å²) in [4.78, 5) is 17.1. The van der Waals surface area contributed by atoms with Gasteiger partial charge in [-0.1, -0.05) is 12.1 Å². The first-order valence-corrected chi connectivity index (χ1v) is 7.57. The summed E-state index contributed by atoms with van der Waals surface area (Å²) in [6.45, 7) is 0.0316. The molecule has 1 aromatic carbocycles. The molecule has 0 aliphatic heterocycles. The summed E-state index contributed by atoms with van der Waals surface area (Å²) in [5.41, 5.74) is 2.68. The van der Waals surface area contributed by atoms with E-state index in [9.17, 15) is 4.79 Å². The van der Waals surface area contributed by atoms with Crippen LogP contribution in [0.4, 0.5) is 5.69 Å². The van der Waals surface area contributed by atoms with Crippen molar-refractivity contribution in [2.45, 2.75) is 12.8 Å². The van der Waals surface area contributed by atoms with Gasteiger partial charge in [-0.25, -0.2) is 4.98 Å². The predicted molar refractivity (Wildman–Crippen MR) is 83.5 cm³/mol. The van der Waals surface area contributed by atoms with Gasteiger partial charge in [-0.2, -0.15) is 0 Å². The molecule has 0 unspecified atom stereocenters. The number of fused-ring (bicyclic) bond motifs is 1. The van der Waals surface area contributed by atoms with Crippen LogP contribution in [-0.2, 0) is 4.79 Å². The van der Waals surface area contributed by atoms with Crippen LogP contribution in [0.5, 0.6) is 0 Å². The fourth-order valence-corrected chi connectivity index (χ4v) is 2.75. The number of aromatic nitrogens is 2. The second-order valence-electron chi connectivity index (χ2n) is 4.67. The molecular weight excluding hydrogens is 286 g/mol. The minimum absolute atomic E-state index is 0.0316. The molecule has 3 rings (SSSR count). The van der Waals surface area contributed by atoms with E-state index in [2.05, 4.69) is 10.3 Å². The number of hydrogen-bond acceptors (Lipinski definition) is 4. The second-order valence-corrected chi connectivity index (χ2v) is 5.54. The maximum absolute atomic E-state index is 11.6. The molecule has 2 heterocycles. The molecule has 0 radical (unpaired) electrons. The van der Waals surface area contributed by atoms with Gasteiger partial charge in [-0.05, 0) is 18.6 Å². The third-order valence-corrected chi connectivity index (χ3v) is 3.89. The Kier molecular flexibility index (Phi) is 3.98. The van der Waals surface area contributed by atoms with E-state index in [1.54, 1.807) is 11.3 Å². The van der Waals surface area contributed by atoms with Crippen molar-refractivity contribution in [3.8, 4) is 11.3 Å². The number of carbonyl (C=O) groups is 1. The molecule has 0 atom stereocenters. The number of benzene rings is 1. The minimum Gasteiger partial charge on any atom is -0.396 e. The fourth-order valence-electron chi connectivity index (χ4n) is 2.05. The molecule has 0 aliphatic carbocycles. The summed E-state index contributed by atoms with van der Waals surface area (Å²) in [6, 6.07) is 7.60. The van der Waals surface area contributed by atoms with Gasteiger partial charge >= 0.3 is 0 Å². The Morgan fingerprint density at radius 2 is 2.14 bits per heavy atom. The summed E-state index contributed by atoms with van der Waals surface area (Å²) in [6.07, 6.45) is 4.78. The molecule has 2 aromatic heterocycles. The highest BCUT2D eigenvalue weighted by Gasteiger charge is 2.06. The smallest absolute Gasteiger partial charge is 0.224 e. The summed E-state index contributed by atoms with van der Waals surface area (Å²) in [7, 11) is 0. The molecule has 5 nitrogen and oxygen atoms in total. The third kappa shape index (κ3) is 3.12. The van der Waals surface area contributed by atoms with Crippen LogP contribution in [0.1, 0.15) is 12.8 Å². The van der Waals surface area contributed by atoms with Crippen LogP contribution in [0, 0.1) is 0 Å². The zero-order valence-electron chi connectivity index (χ0n) is 11.3. The zero-order valence-corrected chi connectivity index (χ0v) is 12.1. The minimum atomic E-state index is -0.0840. The number of thiazole rings is 1. The average Bonchev–Trinajstić information content (AvgIpc) is 3.07. The van der Waals surface area contributed by atoms with Crippen LogP contribution in [0.3, 0.4) is 0 Å². The van der Waals surface area contributed by atoms with Crippen molar-refractivity contribution in [1.29, 1.82) is 0 Å². The highest BCUT2D eigenvalue weighted by atomic mass is 32.1. The lowest BCUT2D eigenvalue weighted by molar-refractivity contribution is -0.116. The molecule has 1 amide bonds. The van der Waals surface area contributed by atoms with Crippen molar-refractivity contribution in [3.63, 3.8) is 0 Å². The number of carbonyl (C=O) groups excluding carboxylic acids is 1. The number of nitrogens with zero attached hydrogens (tertiary/aromatic N) is 2. The molecule has 21 heavy (non-hydrogen) atoms. The Morgan fingerprint density at radius 1 is 1.33 bits per heavy atom. The molecule has 6 heteroatoms. The van der Waals surface area contributed by atoms with E-state index in [0.717, 1.165) is 21.9 Å². The lowest BCUT2D eigenvalue weighted by Crippen LogP contribution is -2.11. The maximum Gasteiger partial charge on any atom is 0.224 e. The van der Waals surface area contributed by atoms with Crippen LogP contribution < -0.4 is 5.32 Å². The SMILES string of the molecule is O=C(CCCO)Nc1ccc(-c2cn3ccsc3n2)cc1. The lowest BCUT2D eigenvalue weighted by atomic mass is 10.1. The first kappa shape index (κ1) is 13.8. The molecule has 0 fully saturated rings. The van der Waals surface area contributed by atoms with Crippen molar-refractivity contribution in [1.82, 2.24) is 9.38 Å². The summed E-state index contributed by atoms with van der Waals surface area (Å²) in [5.74, 6) is -0.0840. The molecule has 3 aromatic rings. The second kappa shape index (κ2) is 6.07. The largest absolute Gasteiger partial charge is 0.396 e. The van der Waals surface area contributed by atoms with Crippen molar-refractivity contribution >= 4 is 27.9 Å². The molecule has 0 bridgehead atoms. The number of imidazole rings is 1. The van der Waals surface area contributed by atoms with E-state index in [1.165, 1.54) is 0 Å². The van der Waals surface area contributed by atoms with Gasteiger partial charge in [0.1, 0.15) is 0 Å². The predicted octanol–water partition coefficient (Wildman–Crippen LogP) is 2.77. The van der Waals surface area contributed by atoms with Gasteiger partial charge in [0.05, 0.1) is 5.69 Å². The van der Waals surface area contributed by atoms with Crippen molar-refractivity contribution < 1.29 is 9.90 Å². The molecule has 0 aliphatic rings. The van der Waals surface area contributed by atoms with E-state index in [-0.39, 0.29) is 12.5 Å². The standard InChI is InChI=1S/C15H15N3O2S/c19-8-1-2-14(20)16-12-5-3-11(4-6-12)13-10-18-7-9-21-15(18)17-13/h3-7,9-10,19H,1-2,8H2,(H,16,20).